The molecule has 0 spiro atoms. The van der Waals surface area contributed by atoms with E-state index in [-0.39, 0.29) is 29.0 Å². The van der Waals surface area contributed by atoms with Gasteiger partial charge in [0, 0.05) is 6.54 Å². The molecular formula is C27H23FN2O4. The zero-order chi connectivity index (χ0) is 23.2. The minimum Gasteiger partial charge on any atom is -0.468 e. The van der Waals surface area contributed by atoms with Crippen LogP contribution >= 0.6 is 0 Å². The highest BCUT2D eigenvalue weighted by atomic mass is 19.1. The minimum atomic E-state index is -0.677. The second-order valence-corrected chi connectivity index (χ2v) is 8.86. The van der Waals surface area contributed by atoms with Crippen molar-refractivity contribution in [3.8, 4) is 0 Å². The largest absolute Gasteiger partial charge is 0.468 e. The fourth-order valence-corrected chi connectivity index (χ4v) is 5.25. The van der Waals surface area contributed by atoms with E-state index in [2.05, 4.69) is 4.90 Å². The maximum atomic E-state index is 13.8. The molecule has 2 atom stereocenters. The zero-order valence-electron chi connectivity index (χ0n) is 18.4. The Morgan fingerprint density at radius 2 is 1.74 bits per heavy atom. The molecule has 2 aliphatic heterocycles. The van der Waals surface area contributed by atoms with Crippen molar-refractivity contribution in [2.24, 2.45) is 0 Å². The highest BCUT2D eigenvalue weighted by molar-refractivity contribution is 5.99. The van der Waals surface area contributed by atoms with Crippen LogP contribution in [-0.4, -0.2) is 35.3 Å². The lowest BCUT2D eigenvalue weighted by molar-refractivity contribution is 0.0643. The summed E-state index contributed by atoms with van der Waals surface area (Å²) < 4.78 is 25.5. The molecule has 1 saturated heterocycles. The van der Waals surface area contributed by atoms with E-state index >= 15 is 0 Å². The van der Waals surface area contributed by atoms with Crippen molar-refractivity contribution < 1.29 is 18.0 Å². The van der Waals surface area contributed by atoms with Crippen molar-refractivity contribution in [3.05, 3.63) is 106 Å². The van der Waals surface area contributed by atoms with Crippen LogP contribution in [-0.2, 0) is 0 Å². The molecule has 4 heterocycles. The van der Waals surface area contributed by atoms with Gasteiger partial charge in [-0.25, -0.2) is 4.39 Å². The number of hydrogen-bond donors (Lipinski definition) is 0. The standard InChI is InChI=1S/C27H23FN2O4/c28-18-11-9-17(10-12-18)24-23-25(31)19-6-1-2-7-21(19)34-26(23)27(32)30(24)16-20(22-8-5-15-33-22)29-13-3-4-14-29/h1-2,5-12,15,20,24H,3-4,13-14,16H2. The number of halogens is 1. The van der Waals surface area contributed by atoms with E-state index in [1.165, 1.54) is 12.1 Å². The number of benzene rings is 2. The first-order chi connectivity index (χ1) is 16.6. The SMILES string of the molecule is O=C1c2oc3ccccc3c(=O)c2C(c2ccc(F)cc2)N1CC(c1ccco1)N1CCCC1. The van der Waals surface area contributed by atoms with Gasteiger partial charge in [-0.3, -0.25) is 14.5 Å². The summed E-state index contributed by atoms with van der Waals surface area (Å²) in [5.74, 6) is 0.101. The van der Waals surface area contributed by atoms with Crippen LogP contribution in [0.4, 0.5) is 4.39 Å². The van der Waals surface area contributed by atoms with Crippen molar-refractivity contribution in [1.29, 1.82) is 0 Å². The molecule has 0 radical (unpaired) electrons. The Morgan fingerprint density at radius 3 is 2.47 bits per heavy atom. The summed E-state index contributed by atoms with van der Waals surface area (Å²) in [6, 6.07) is 15.8. The number of fused-ring (bicyclic) bond motifs is 2. The van der Waals surface area contributed by atoms with E-state index in [4.69, 9.17) is 8.83 Å². The summed E-state index contributed by atoms with van der Waals surface area (Å²) in [4.78, 5) is 31.3. The van der Waals surface area contributed by atoms with E-state index in [0.29, 0.717) is 28.6 Å². The molecule has 2 unspecified atom stereocenters. The molecule has 0 saturated carbocycles. The van der Waals surface area contributed by atoms with Gasteiger partial charge >= 0.3 is 0 Å². The molecule has 2 aromatic carbocycles. The van der Waals surface area contributed by atoms with E-state index in [1.807, 2.05) is 12.1 Å². The highest BCUT2D eigenvalue weighted by Gasteiger charge is 2.44. The molecule has 1 amide bonds. The van der Waals surface area contributed by atoms with Crippen molar-refractivity contribution in [3.63, 3.8) is 0 Å². The summed E-state index contributed by atoms with van der Waals surface area (Å²) in [7, 11) is 0. The second kappa shape index (κ2) is 8.25. The third-order valence-corrected chi connectivity index (χ3v) is 6.88. The van der Waals surface area contributed by atoms with Crippen LogP contribution in [0.15, 0.2) is 80.6 Å². The molecule has 0 aliphatic carbocycles. The van der Waals surface area contributed by atoms with Crippen LogP contribution in [0.25, 0.3) is 11.0 Å². The van der Waals surface area contributed by atoms with Crippen molar-refractivity contribution in [2.45, 2.75) is 24.9 Å². The Labute approximate surface area is 195 Å². The molecule has 34 heavy (non-hydrogen) atoms. The van der Waals surface area contributed by atoms with E-state index in [1.54, 1.807) is 47.6 Å². The summed E-state index contributed by atoms with van der Waals surface area (Å²) >= 11 is 0. The summed E-state index contributed by atoms with van der Waals surface area (Å²) in [5.41, 5.74) is 1.10. The lowest BCUT2D eigenvalue weighted by Gasteiger charge is -2.33. The smallest absolute Gasteiger partial charge is 0.290 e. The number of hydrogen-bond acceptors (Lipinski definition) is 5. The van der Waals surface area contributed by atoms with Gasteiger partial charge in [-0.05, 0) is 67.9 Å². The Bertz CT molecular complexity index is 1410. The van der Waals surface area contributed by atoms with Gasteiger partial charge in [0.2, 0.25) is 5.76 Å². The molecule has 6 nitrogen and oxygen atoms in total. The first-order valence-corrected chi connectivity index (χ1v) is 11.5. The molecule has 0 bridgehead atoms. The number of carbonyl (C=O) groups excluding carboxylic acids is 1. The topological polar surface area (TPSA) is 66.9 Å². The summed E-state index contributed by atoms with van der Waals surface area (Å²) in [5, 5.41) is 0.421. The van der Waals surface area contributed by atoms with Crippen LogP contribution in [0.3, 0.4) is 0 Å². The molecule has 2 aliphatic rings. The Morgan fingerprint density at radius 1 is 0.971 bits per heavy atom. The van der Waals surface area contributed by atoms with Gasteiger partial charge < -0.3 is 13.7 Å². The Hall–Kier alpha value is -3.71. The number of para-hydroxylation sites is 1. The van der Waals surface area contributed by atoms with Crippen molar-refractivity contribution in [2.75, 3.05) is 19.6 Å². The van der Waals surface area contributed by atoms with Gasteiger partial charge in [0.05, 0.1) is 29.3 Å². The first-order valence-electron chi connectivity index (χ1n) is 11.5. The Balaban J connectivity index is 1.50. The number of amides is 1. The molecular weight excluding hydrogens is 435 g/mol. The van der Waals surface area contributed by atoms with Gasteiger partial charge in [-0.15, -0.1) is 0 Å². The van der Waals surface area contributed by atoms with Crippen LogP contribution in [0.1, 0.15) is 52.4 Å². The Kier molecular flexibility index (Phi) is 5.07. The molecule has 0 N–H and O–H groups in total. The number of likely N-dealkylation sites (tertiary alicyclic amines) is 1. The first kappa shape index (κ1) is 20.9. The lowest BCUT2D eigenvalue weighted by Crippen LogP contribution is -2.39. The number of nitrogens with zero attached hydrogens (tertiary/aromatic N) is 2. The maximum absolute atomic E-state index is 13.8. The fourth-order valence-electron chi connectivity index (χ4n) is 5.25. The maximum Gasteiger partial charge on any atom is 0.290 e. The van der Waals surface area contributed by atoms with Gasteiger partial charge in [-0.1, -0.05) is 24.3 Å². The monoisotopic (exact) mass is 458 g/mol. The third kappa shape index (κ3) is 3.35. The lowest BCUT2D eigenvalue weighted by atomic mass is 9.98. The van der Waals surface area contributed by atoms with Crippen LogP contribution < -0.4 is 5.43 Å². The number of rotatable bonds is 5. The van der Waals surface area contributed by atoms with Gasteiger partial charge in [0.15, 0.2) is 5.43 Å². The zero-order valence-corrected chi connectivity index (χ0v) is 18.4. The molecule has 7 heteroatoms. The molecule has 1 fully saturated rings. The normalized spacial score (nSPS) is 19.1. The van der Waals surface area contributed by atoms with Gasteiger partial charge in [0.1, 0.15) is 17.2 Å². The minimum absolute atomic E-state index is 0.0534. The van der Waals surface area contributed by atoms with Gasteiger partial charge in [0.25, 0.3) is 5.91 Å². The van der Waals surface area contributed by atoms with Crippen molar-refractivity contribution >= 4 is 16.9 Å². The molecule has 172 valence electrons. The molecule has 2 aromatic heterocycles. The van der Waals surface area contributed by atoms with Gasteiger partial charge in [-0.2, -0.15) is 0 Å². The predicted octanol–water partition coefficient (Wildman–Crippen LogP) is 4.91. The highest BCUT2D eigenvalue weighted by Crippen LogP contribution is 2.40. The molecule has 4 aromatic rings. The van der Waals surface area contributed by atoms with Crippen molar-refractivity contribution in [1.82, 2.24) is 9.80 Å². The average molecular weight is 458 g/mol. The van der Waals surface area contributed by atoms with Crippen LogP contribution in [0.2, 0.25) is 0 Å². The molecule has 6 rings (SSSR count). The van der Waals surface area contributed by atoms with Crippen LogP contribution in [0.5, 0.6) is 0 Å². The predicted molar refractivity (Wildman–Crippen MR) is 124 cm³/mol. The number of furan rings is 1. The quantitative estimate of drug-likeness (QED) is 0.425. The van der Waals surface area contributed by atoms with E-state index in [9.17, 15) is 14.0 Å². The van der Waals surface area contributed by atoms with E-state index < -0.39 is 6.04 Å². The van der Waals surface area contributed by atoms with Crippen LogP contribution in [0, 0.1) is 5.82 Å². The average Bonchev–Trinajstić information content (AvgIpc) is 3.61. The fraction of sp³-hybridized carbons (Fsp3) is 0.259. The summed E-state index contributed by atoms with van der Waals surface area (Å²) in [6.07, 6.45) is 3.80. The van der Waals surface area contributed by atoms with E-state index in [0.717, 1.165) is 31.7 Å². The summed E-state index contributed by atoms with van der Waals surface area (Å²) in [6.45, 7) is 2.12. The number of carbonyl (C=O) groups is 1. The second-order valence-electron chi connectivity index (χ2n) is 8.86. The third-order valence-electron chi connectivity index (χ3n) is 6.88.